The molecular formula is C20H22N2O2S. The maximum atomic E-state index is 12.9. The van der Waals surface area contributed by atoms with Crippen molar-refractivity contribution in [1.29, 1.82) is 0 Å². The Kier molecular flexibility index (Phi) is 5.13. The second-order valence-corrected chi connectivity index (χ2v) is 7.62. The fourth-order valence-corrected chi connectivity index (χ4v) is 3.74. The van der Waals surface area contributed by atoms with E-state index in [1.807, 2.05) is 63.2 Å². The van der Waals surface area contributed by atoms with Gasteiger partial charge in [0.05, 0.1) is 5.69 Å². The lowest BCUT2D eigenvalue weighted by molar-refractivity contribution is 0.0940. The van der Waals surface area contributed by atoms with Gasteiger partial charge in [-0.2, -0.15) is 0 Å². The Morgan fingerprint density at radius 2 is 1.76 bits per heavy atom. The quantitative estimate of drug-likeness (QED) is 0.910. The summed E-state index contributed by atoms with van der Waals surface area (Å²) in [6, 6.07) is 13.3. The van der Waals surface area contributed by atoms with Gasteiger partial charge in [-0.05, 0) is 51.1 Å². The molecule has 0 unspecified atom stereocenters. The molecule has 1 aliphatic rings. The molecule has 130 valence electrons. The van der Waals surface area contributed by atoms with Gasteiger partial charge in [0.25, 0.3) is 11.8 Å². The number of hydrogen-bond donors (Lipinski definition) is 1. The van der Waals surface area contributed by atoms with Crippen LogP contribution in [0.15, 0.2) is 47.4 Å². The second-order valence-electron chi connectivity index (χ2n) is 6.48. The smallest absolute Gasteiger partial charge is 0.258 e. The highest BCUT2D eigenvalue weighted by atomic mass is 32.2. The fraction of sp³-hybridized carbons (Fsp3) is 0.300. The van der Waals surface area contributed by atoms with E-state index in [4.69, 9.17) is 0 Å². The van der Waals surface area contributed by atoms with Crippen LogP contribution in [0.3, 0.4) is 0 Å². The predicted octanol–water partition coefficient (Wildman–Crippen LogP) is 3.89. The van der Waals surface area contributed by atoms with Crippen molar-refractivity contribution in [3.05, 3.63) is 59.2 Å². The van der Waals surface area contributed by atoms with Crippen LogP contribution in [-0.4, -0.2) is 30.2 Å². The molecule has 1 N–H and O–H groups in total. The van der Waals surface area contributed by atoms with Crippen LogP contribution in [0.4, 0.5) is 5.69 Å². The number of aryl methyl sites for hydroxylation is 1. The molecule has 25 heavy (non-hydrogen) atoms. The van der Waals surface area contributed by atoms with Crippen LogP contribution in [0.2, 0.25) is 0 Å². The number of fused-ring (bicyclic) bond motifs is 1. The molecule has 0 atom stereocenters. The van der Waals surface area contributed by atoms with Gasteiger partial charge >= 0.3 is 0 Å². The molecular weight excluding hydrogens is 332 g/mol. The Balaban J connectivity index is 1.93. The van der Waals surface area contributed by atoms with Gasteiger partial charge in [-0.1, -0.05) is 17.7 Å². The van der Waals surface area contributed by atoms with Crippen molar-refractivity contribution in [2.45, 2.75) is 31.7 Å². The zero-order valence-corrected chi connectivity index (χ0v) is 15.5. The van der Waals surface area contributed by atoms with E-state index in [1.54, 1.807) is 16.7 Å². The SMILES string of the molecule is Cc1ccc(C(=O)N2CCSc3ccc(C(=O)NC(C)C)cc32)cc1. The highest BCUT2D eigenvalue weighted by molar-refractivity contribution is 7.99. The predicted molar refractivity (Wildman–Crippen MR) is 103 cm³/mol. The Labute approximate surface area is 152 Å². The zero-order chi connectivity index (χ0) is 18.0. The maximum Gasteiger partial charge on any atom is 0.258 e. The molecule has 2 amide bonds. The van der Waals surface area contributed by atoms with Crippen LogP contribution < -0.4 is 10.2 Å². The summed E-state index contributed by atoms with van der Waals surface area (Å²) in [5, 5.41) is 2.90. The van der Waals surface area contributed by atoms with Crippen LogP contribution in [0.25, 0.3) is 0 Å². The van der Waals surface area contributed by atoms with Crippen LogP contribution in [0.1, 0.15) is 40.1 Å². The van der Waals surface area contributed by atoms with Crippen molar-refractivity contribution < 1.29 is 9.59 Å². The molecule has 0 aromatic heterocycles. The van der Waals surface area contributed by atoms with Crippen molar-refractivity contribution in [3.63, 3.8) is 0 Å². The number of carbonyl (C=O) groups excluding carboxylic acids is 2. The third-order valence-corrected chi connectivity index (χ3v) is 5.09. The number of rotatable bonds is 3. The molecule has 3 rings (SSSR count). The largest absolute Gasteiger partial charge is 0.350 e. The lowest BCUT2D eigenvalue weighted by Gasteiger charge is -2.29. The second kappa shape index (κ2) is 7.31. The molecule has 2 aromatic carbocycles. The fourth-order valence-electron chi connectivity index (χ4n) is 2.77. The van der Waals surface area contributed by atoms with Crippen LogP contribution in [0, 0.1) is 6.92 Å². The Morgan fingerprint density at radius 1 is 1.08 bits per heavy atom. The first-order valence-corrected chi connectivity index (χ1v) is 9.40. The monoisotopic (exact) mass is 354 g/mol. The number of nitrogens with zero attached hydrogens (tertiary/aromatic N) is 1. The van der Waals surface area contributed by atoms with Crippen molar-refractivity contribution in [3.8, 4) is 0 Å². The van der Waals surface area contributed by atoms with E-state index >= 15 is 0 Å². The summed E-state index contributed by atoms with van der Waals surface area (Å²) >= 11 is 1.72. The summed E-state index contributed by atoms with van der Waals surface area (Å²) in [5.74, 6) is 0.710. The van der Waals surface area contributed by atoms with E-state index in [2.05, 4.69) is 5.32 Å². The average Bonchev–Trinajstić information content (AvgIpc) is 2.60. The molecule has 1 heterocycles. The lowest BCUT2D eigenvalue weighted by atomic mass is 10.1. The summed E-state index contributed by atoms with van der Waals surface area (Å²) in [7, 11) is 0. The normalized spacial score (nSPS) is 13.5. The molecule has 0 bridgehead atoms. The van der Waals surface area contributed by atoms with Crippen molar-refractivity contribution in [1.82, 2.24) is 5.32 Å². The highest BCUT2D eigenvalue weighted by Crippen LogP contribution is 2.36. The standard InChI is InChI=1S/C20H22N2O2S/c1-13(2)21-19(23)16-8-9-18-17(12-16)22(10-11-25-18)20(24)15-6-4-14(3)5-7-15/h4-9,12-13H,10-11H2,1-3H3,(H,21,23). The first-order valence-electron chi connectivity index (χ1n) is 8.42. The zero-order valence-electron chi connectivity index (χ0n) is 14.7. The third kappa shape index (κ3) is 3.87. The van der Waals surface area contributed by atoms with Crippen molar-refractivity contribution >= 4 is 29.3 Å². The number of carbonyl (C=O) groups is 2. The molecule has 5 heteroatoms. The minimum absolute atomic E-state index is 0.0250. The van der Waals surface area contributed by atoms with E-state index in [-0.39, 0.29) is 17.9 Å². The number of amides is 2. The molecule has 1 aliphatic heterocycles. The Hall–Kier alpha value is -2.27. The topological polar surface area (TPSA) is 49.4 Å². The number of nitrogens with one attached hydrogen (secondary N) is 1. The molecule has 0 saturated carbocycles. The van der Waals surface area contributed by atoms with E-state index in [0.717, 1.165) is 21.9 Å². The summed E-state index contributed by atoms with van der Waals surface area (Å²) in [5.41, 5.74) is 3.19. The first kappa shape index (κ1) is 17.5. The summed E-state index contributed by atoms with van der Waals surface area (Å²) in [4.78, 5) is 28.1. The first-order chi connectivity index (χ1) is 12.0. The molecule has 4 nitrogen and oxygen atoms in total. The lowest BCUT2D eigenvalue weighted by Crippen LogP contribution is -2.36. The van der Waals surface area contributed by atoms with Gasteiger partial charge in [-0.3, -0.25) is 9.59 Å². The molecule has 0 radical (unpaired) electrons. The number of thioether (sulfide) groups is 1. The van der Waals surface area contributed by atoms with Crippen LogP contribution in [0.5, 0.6) is 0 Å². The minimum Gasteiger partial charge on any atom is -0.350 e. The van der Waals surface area contributed by atoms with Crippen LogP contribution >= 0.6 is 11.8 Å². The van der Waals surface area contributed by atoms with Gasteiger partial charge in [-0.15, -0.1) is 11.8 Å². The van der Waals surface area contributed by atoms with Gasteiger partial charge in [0, 0.05) is 34.4 Å². The number of hydrogen-bond acceptors (Lipinski definition) is 3. The van der Waals surface area contributed by atoms with E-state index in [9.17, 15) is 9.59 Å². The minimum atomic E-state index is -0.115. The van der Waals surface area contributed by atoms with Crippen molar-refractivity contribution in [2.75, 3.05) is 17.2 Å². The van der Waals surface area contributed by atoms with Gasteiger partial charge in [-0.25, -0.2) is 0 Å². The van der Waals surface area contributed by atoms with E-state index < -0.39 is 0 Å². The summed E-state index contributed by atoms with van der Waals surface area (Å²) < 4.78 is 0. The Morgan fingerprint density at radius 3 is 2.44 bits per heavy atom. The van der Waals surface area contributed by atoms with Crippen LogP contribution in [-0.2, 0) is 0 Å². The molecule has 0 aliphatic carbocycles. The Bertz CT molecular complexity index is 800. The van der Waals surface area contributed by atoms with Gasteiger partial charge in [0.1, 0.15) is 0 Å². The molecule has 0 spiro atoms. The van der Waals surface area contributed by atoms with Crippen molar-refractivity contribution in [2.24, 2.45) is 0 Å². The van der Waals surface area contributed by atoms with Gasteiger partial charge in [0.2, 0.25) is 0 Å². The number of benzene rings is 2. The third-order valence-electron chi connectivity index (χ3n) is 4.05. The average molecular weight is 354 g/mol. The van der Waals surface area contributed by atoms with Gasteiger partial charge in [0.15, 0.2) is 0 Å². The van der Waals surface area contributed by atoms with E-state index in [0.29, 0.717) is 17.7 Å². The summed E-state index contributed by atoms with van der Waals surface area (Å²) in [6.07, 6.45) is 0. The molecule has 0 fully saturated rings. The van der Waals surface area contributed by atoms with Gasteiger partial charge < -0.3 is 10.2 Å². The highest BCUT2D eigenvalue weighted by Gasteiger charge is 2.25. The number of anilines is 1. The molecule has 2 aromatic rings. The summed E-state index contributed by atoms with van der Waals surface area (Å²) in [6.45, 7) is 6.50. The van der Waals surface area contributed by atoms with E-state index in [1.165, 1.54) is 0 Å². The maximum absolute atomic E-state index is 12.9. The molecule has 0 saturated heterocycles.